The monoisotopic (exact) mass is 330 g/mol. The molecule has 4 aromatic rings. The summed E-state index contributed by atoms with van der Waals surface area (Å²) in [5.41, 5.74) is 1.98. The van der Waals surface area contributed by atoms with E-state index in [-0.39, 0.29) is 17.3 Å². The Hall–Kier alpha value is -3.53. The summed E-state index contributed by atoms with van der Waals surface area (Å²) in [6.07, 6.45) is 0. The average Bonchev–Trinajstić information content (AvgIpc) is 3.01. The molecule has 1 aromatic heterocycles. The number of phenolic OH excluding ortho intramolecular Hbond substituents is 2. The van der Waals surface area contributed by atoms with Crippen LogP contribution >= 0.6 is 0 Å². The maximum atomic E-state index is 13.1. The Morgan fingerprint density at radius 3 is 2.08 bits per heavy atom. The number of carbonyl (C=O) groups excluding carboxylic acids is 1. The van der Waals surface area contributed by atoms with Crippen molar-refractivity contribution in [2.45, 2.75) is 0 Å². The van der Waals surface area contributed by atoms with Gasteiger partial charge in [-0.15, -0.1) is 0 Å². The number of fused-ring (bicyclic) bond motifs is 1. The normalized spacial score (nSPS) is 10.9. The van der Waals surface area contributed by atoms with Gasteiger partial charge in [-0.2, -0.15) is 0 Å². The van der Waals surface area contributed by atoms with Gasteiger partial charge in [0.05, 0.1) is 5.56 Å². The molecule has 4 nitrogen and oxygen atoms in total. The van der Waals surface area contributed by atoms with E-state index < -0.39 is 0 Å². The molecular formula is C21H14O4. The largest absolute Gasteiger partial charge is 0.504 e. The van der Waals surface area contributed by atoms with Gasteiger partial charge in [0, 0.05) is 22.6 Å². The molecule has 0 unspecified atom stereocenters. The fourth-order valence-electron chi connectivity index (χ4n) is 2.87. The van der Waals surface area contributed by atoms with Crippen molar-refractivity contribution < 1.29 is 19.4 Å². The Balaban J connectivity index is 2.03. The van der Waals surface area contributed by atoms with Crippen LogP contribution in [0, 0.1) is 0 Å². The third-order valence-electron chi connectivity index (χ3n) is 4.08. The first-order valence-corrected chi connectivity index (χ1v) is 7.79. The van der Waals surface area contributed by atoms with E-state index in [1.807, 2.05) is 36.4 Å². The molecular weight excluding hydrogens is 316 g/mol. The van der Waals surface area contributed by atoms with E-state index in [1.54, 1.807) is 24.3 Å². The highest BCUT2D eigenvalue weighted by molar-refractivity contribution is 6.19. The van der Waals surface area contributed by atoms with Crippen LogP contribution in [-0.2, 0) is 0 Å². The second-order valence-electron chi connectivity index (χ2n) is 5.70. The molecule has 2 N–H and O–H groups in total. The van der Waals surface area contributed by atoms with Crippen LogP contribution in [0.1, 0.15) is 15.9 Å². The molecule has 122 valence electrons. The Bertz CT molecular complexity index is 1060. The lowest BCUT2D eigenvalue weighted by molar-refractivity contribution is 0.104. The van der Waals surface area contributed by atoms with Crippen LogP contribution in [0.15, 0.2) is 77.2 Å². The summed E-state index contributed by atoms with van der Waals surface area (Å²) in [6, 6.07) is 20.8. The molecule has 0 aliphatic carbocycles. The zero-order valence-electron chi connectivity index (χ0n) is 13.1. The van der Waals surface area contributed by atoms with Crippen LogP contribution in [0.3, 0.4) is 0 Å². The topological polar surface area (TPSA) is 70.7 Å². The van der Waals surface area contributed by atoms with E-state index in [2.05, 4.69) is 0 Å². The summed E-state index contributed by atoms with van der Waals surface area (Å²) < 4.78 is 5.87. The highest BCUT2D eigenvalue weighted by atomic mass is 16.3. The van der Waals surface area contributed by atoms with Gasteiger partial charge in [-0.3, -0.25) is 4.79 Å². The van der Waals surface area contributed by atoms with E-state index in [4.69, 9.17) is 4.42 Å². The molecule has 0 aliphatic rings. The van der Waals surface area contributed by atoms with Crippen LogP contribution in [0.25, 0.3) is 22.3 Å². The minimum Gasteiger partial charge on any atom is -0.504 e. The predicted molar refractivity (Wildman–Crippen MR) is 94.9 cm³/mol. The van der Waals surface area contributed by atoms with E-state index in [1.165, 1.54) is 12.1 Å². The van der Waals surface area contributed by atoms with Crippen LogP contribution in [0.2, 0.25) is 0 Å². The van der Waals surface area contributed by atoms with Crippen molar-refractivity contribution in [2.75, 3.05) is 0 Å². The zero-order chi connectivity index (χ0) is 17.4. The molecule has 4 heteroatoms. The predicted octanol–water partition coefficient (Wildman–Crippen LogP) is 4.74. The van der Waals surface area contributed by atoms with Crippen LogP contribution in [-0.4, -0.2) is 16.0 Å². The minimum absolute atomic E-state index is 0.205. The average molecular weight is 330 g/mol. The first kappa shape index (κ1) is 15.0. The van der Waals surface area contributed by atoms with Crippen LogP contribution in [0.5, 0.6) is 11.5 Å². The maximum Gasteiger partial charge on any atom is 0.197 e. The SMILES string of the molecule is O=C(c1ccccc1)c1c(-c2ccccc2)oc2cc(O)c(O)cc12. The number of furan rings is 1. The van der Waals surface area contributed by atoms with Crippen molar-refractivity contribution in [3.63, 3.8) is 0 Å². The lowest BCUT2D eigenvalue weighted by Gasteiger charge is -2.03. The molecule has 0 atom stereocenters. The van der Waals surface area contributed by atoms with Gasteiger partial charge in [0.25, 0.3) is 0 Å². The zero-order valence-corrected chi connectivity index (χ0v) is 13.1. The van der Waals surface area contributed by atoms with Gasteiger partial charge in [0.15, 0.2) is 17.3 Å². The number of ketones is 1. The molecule has 1 heterocycles. The summed E-state index contributed by atoms with van der Waals surface area (Å²) in [5, 5.41) is 20.1. The molecule has 0 amide bonds. The van der Waals surface area contributed by atoms with E-state index in [0.717, 1.165) is 5.56 Å². The fourth-order valence-corrected chi connectivity index (χ4v) is 2.87. The molecule has 0 aliphatic heterocycles. The van der Waals surface area contributed by atoms with Gasteiger partial charge in [-0.1, -0.05) is 60.7 Å². The summed E-state index contributed by atoms with van der Waals surface area (Å²) in [7, 11) is 0. The quantitative estimate of drug-likeness (QED) is 0.420. The van der Waals surface area contributed by atoms with Crippen molar-refractivity contribution in [1.29, 1.82) is 0 Å². The number of aromatic hydroxyl groups is 2. The lowest BCUT2D eigenvalue weighted by Crippen LogP contribution is -2.01. The molecule has 0 bridgehead atoms. The van der Waals surface area contributed by atoms with Gasteiger partial charge in [-0.05, 0) is 6.07 Å². The lowest BCUT2D eigenvalue weighted by atomic mass is 9.97. The van der Waals surface area contributed by atoms with Crippen molar-refractivity contribution in [1.82, 2.24) is 0 Å². The Labute approximate surface area is 143 Å². The third kappa shape index (κ3) is 2.54. The maximum absolute atomic E-state index is 13.1. The fraction of sp³-hybridized carbons (Fsp3) is 0. The van der Waals surface area contributed by atoms with Crippen LogP contribution in [0.4, 0.5) is 0 Å². The first-order valence-electron chi connectivity index (χ1n) is 7.79. The number of rotatable bonds is 3. The second kappa shape index (κ2) is 5.83. The number of phenols is 2. The van der Waals surface area contributed by atoms with E-state index in [0.29, 0.717) is 27.9 Å². The summed E-state index contributed by atoms with van der Waals surface area (Å²) in [5.74, 6) is -0.382. The molecule has 25 heavy (non-hydrogen) atoms. The summed E-state index contributed by atoms with van der Waals surface area (Å²) >= 11 is 0. The number of hydrogen-bond acceptors (Lipinski definition) is 4. The van der Waals surface area contributed by atoms with Gasteiger partial charge in [-0.25, -0.2) is 0 Å². The molecule has 0 spiro atoms. The minimum atomic E-state index is -0.296. The van der Waals surface area contributed by atoms with Crippen molar-refractivity contribution in [2.24, 2.45) is 0 Å². The smallest absolute Gasteiger partial charge is 0.197 e. The number of benzene rings is 3. The standard InChI is InChI=1S/C21H14O4/c22-16-11-15-18(12-17(16)23)25-21(14-9-5-2-6-10-14)19(15)20(24)13-7-3-1-4-8-13/h1-12,22-23H. The molecule has 0 saturated carbocycles. The van der Waals surface area contributed by atoms with Crippen molar-refractivity contribution >= 4 is 16.8 Å². The van der Waals surface area contributed by atoms with Gasteiger partial charge in [0.1, 0.15) is 11.3 Å². The molecule has 3 aromatic carbocycles. The van der Waals surface area contributed by atoms with Crippen molar-refractivity contribution in [3.8, 4) is 22.8 Å². The van der Waals surface area contributed by atoms with Gasteiger partial charge in [0.2, 0.25) is 0 Å². The highest BCUT2D eigenvalue weighted by Crippen LogP contribution is 2.39. The van der Waals surface area contributed by atoms with E-state index in [9.17, 15) is 15.0 Å². The highest BCUT2D eigenvalue weighted by Gasteiger charge is 2.24. The molecule has 0 fully saturated rings. The van der Waals surface area contributed by atoms with Crippen LogP contribution < -0.4 is 0 Å². The molecule has 0 saturated heterocycles. The van der Waals surface area contributed by atoms with Gasteiger partial charge < -0.3 is 14.6 Å². The Morgan fingerprint density at radius 1 is 0.800 bits per heavy atom. The second-order valence-corrected chi connectivity index (χ2v) is 5.70. The van der Waals surface area contributed by atoms with E-state index >= 15 is 0 Å². The summed E-state index contributed by atoms with van der Waals surface area (Å²) in [4.78, 5) is 13.1. The Kier molecular flexibility index (Phi) is 3.51. The molecule has 4 rings (SSSR count). The summed E-state index contributed by atoms with van der Waals surface area (Å²) in [6.45, 7) is 0. The number of hydrogen-bond donors (Lipinski definition) is 2. The number of carbonyl (C=O) groups is 1. The first-order chi connectivity index (χ1) is 12.1. The molecule has 0 radical (unpaired) electrons. The third-order valence-corrected chi connectivity index (χ3v) is 4.08. The Morgan fingerprint density at radius 2 is 1.40 bits per heavy atom. The van der Waals surface area contributed by atoms with Gasteiger partial charge >= 0.3 is 0 Å². The van der Waals surface area contributed by atoms with Crippen molar-refractivity contribution in [3.05, 3.63) is 83.9 Å².